The maximum atomic E-state index is 11.8. The monoisotopic (exact) mass is 303 g/mol. The van der Waals surface area contributed by atoms with Gasteiger partial charge in [0.2, 0.25) is 5.91 Å². The lowest BCUT2D eigenvalue weighted by molar-refractivity contribution is -0.174. The maximum Gasteiger partial charge on any atom is 0.411 e. The van der Waals surface area contributed by atoms with Gasteiger partial charge in [-0.25, -0.2) is 0 Å². The molecular formula is C15H20F3NO2. The van der Waals surface area contributed by atoms with Gasteiger partial charge in [0, 0.05) is 12.5 Å². The number of benzene rings is 1. The first-order valence-corrected chi connectivity index (χ1v) is 6.84. The number of nitrogens with one attached hydrogen (secondary N) is 1. The van der Waals surface area contributed by atoms with Crippen LogP contribution in [0.5, 0.6) is 0 Å². The Kier molecular flexibility index (Phi) is 7.22. The zero-order chi connectivity index (χ0) is 15.7. The van der Waals surface area contributed by atoms with E-state index >= 15 is 0 Å². The van der Waals surface area contributed by atoms with Crippen LogP contribution in [0, 0.1) is 0 Å². The number of rotatable bonds is 8. The second-order valence-corrected chi connectivity index (χ2v) is 4.91. The summed E-state index contributed by atoms with van der Waals surface area (Å²) in [7, 11) is 0. The summed E-state index contributed by atoms with van der Waals surface area (Å²) in [5, 5.41) is 2.75. The molecule has 0 saturated heterocycles. The van der Waals surface area contributed by atoms with Crippen LogP contribution in [0.2, 0.25) is 0 Å². The first-order valence-electron chi connectivity index (χ1n) is 6.84. The number of aryl methyl sites for hydroxylation is 1. The van der Waals surface area contributed by atoms with Gasteiger partial charge in [0.1, 0.15) is 6.61 Å². The highest BCUT2D eigenvalue weighted by atomic mass is 19.4. The summed E-state index contributed by atoms with van der Waals surface area (Å²) in [5.74, 6) is -0.294. The van der Waals surface area contributed by atoms with Crippen molar-refractivity contribution in [3.63, 3.8) is 0 Å². The normalized spacial score (nSPS) is 13.0. The summed E-state index contributed by atoms with van der Waals surface area (Å²) in [6.45, 7) is 0.331. The van der Waals surface area contributed by atoms with Crippen LogP contribution in [0.4, 0.5) is 13.2 Å². The first-order chi connectivity index (χ1) is 9.87. The Morgan fingerprint density at radius 1 is 1.29 bits per heavy atom. The number of carbonyl (C=O) groups is 1. The summed E-state index contributed by atoms with van der Waals surface area (Å²) in [6, 6.07) is 9.85. The molecule has 6 heteroatoms. The molecule has 0 spiro atoms. The topological polar surface area (TPSA) is 38.3 Å². The molecule has 0 aliphatic rings. The van der Waals surface area contributed by atoms with Crippen LogP contribution in [0.1, 0.15) is 25.3 Å². The second-order valence-electron chi connectivity index (χ2n) is 4.91. The summed E-state index contributed by atoms with van der Waals surface area (Å²) < 4.78 is 39.9. The van der Waals surface area contributed by atoms with Crippen molar-refractivity contribution < 1.29 is 22.7 Å². The van der Waals surface area contributed by atoms with Crippen LogP contribution in [-0.4, -0.2) is 31.3 Å². The standard InChI is InChI=1S/C15H20F3NO2/c1-12(7-8-13-5-3-2-4-6-13)19-14(20)9-10-21-11-15(16,17)18/h2-6,12H,7-11H2,1H3,(H,19,20). The Hall–Kier alpha value is -1.56. The minimum absolute atomic E-state index is 0.0275. The molecule has 1 N–H and O–H groups in total. The number of halogens is 3. The molecule has 3 nitrogen and oxygen atoms in total. The van der Waals surface area contributed by atoms with Gasteiger partial charge in [-0.2, -0.15) is 13.2 Å². The number of hydrogen-bond acceptors (Lipinski definition) is 2. The highest BCUT2D eigenvalue weighted by Crippen LogP contribution is 2.14. The van der Waals surface area contributed by atoms with Gasteiger partial charge in [-0.1, -0.05) is 30.3 Å². The van der Waals surface area contributed by atoms with Gasteiger partial charge >= 0.3 is 6.18 Å². The Morgan fingerprint density at radius 3 is 2.57 bits per heavy atom. The molecule has 0 aromatic heterocycles. The van der Waals surface area contributed by atoms with Crippen LogP contribution in [0.3, 0.4) is 0 Å². The van der Waals surface area contributed by atoms with Crippen LogP contribution in [0.15, 0.2) is 30.3 Å². The lowest BCUT2D eigenvalue weighted by Crippen LogP contribution is -2.33. The molecule has 0 saturated carbocycles. The van der Waals surface area contributed by atoms with Crippen molar-refractivity contribution in [1.82, 2.24) is 5.32 Å². The molecule has 118 valence electrons. The van der Waals surface area contributed by atoms with Crippen molar-refractivity contribution in [3.05, 3.63) is 35.9 Å². The lowest BCUT2D eigenvalue weighted by Gasteiger charge is -2.14. The van der Waals surface area contributed by atoms with E-state index < -0.39 is 12.8 Å². The van der Waals surface area contributed by atoms with Gasteiger partial charge in [-0.05, 0) is 25.3 Å². The predicted molar refractivity (Wildman–Crippen MR) is 73.9 cm³/mol. The molecular weight excluding hydrogens is 283 g/mol. The minimum atomic E-state index is -4.35. The van der Waals surface area contributed by atoms with Crippen molar-refractivity contribution in [2.24, 2.45) is 0 Å². The van der Waals surface area contributed by atoms with E-state index in [2.05, 4.69) is 10.1 Å². The molecule has 1 atom stereocenters. The first kappa shape index (κ1) is 17.5. The molecule has 0 aliphatic carbocycles. The van der Waals surface area contributed by atoms with Crippen molar-refractivity contribution in [3.8, 4) is 0 Å². The highest BCUT2D eigenvalue weighted by Gasteiger charge is 2.27. The molecule has 1 aromatic rings. The van der Waals surface area contributed by atoms with Gasteiger partial charge in [-0.3, -0.25) is 4.79 Å². The van der Waals surface area contributed by atoms with E-state index in [9.17, 15) is 18.0 Å². The highest BCUT2D eigenvalue weighted by molar-refractivity contribution is 5.76. The van der Waals surface area contributed by atoms with Crippen molar-refractivity contribution in [1.29, 1.82) is 0 Å². The smallest absolute Gasteiger partial charge is 0.372 e. The largest absolute Gasteiger partial charge is 0.411 e. The number of carbonyl (C=O) groups excluding carboxylic acids is 1. The molecule has 0 fully saturated rings. The molecule has 0 aliphatic heterocycles. The summed E-state index contributed by atoms with van der Waals surface area (Å²) in [4.78, 5) is 11.5. The summed E-state index contributed by atoms with van der Waals surface area (Å²) >= 11 is 0. The fourth-order valence-corrected chi connectivity index (χ4v) is 1.80. The Balaban J connectivity index is 2.13. The Bertz CT molecular complexity index is 421. The molecule has 1 unspecified atom stereocenters. The van der Waals surface area contributed by atoms with E-state index in [0.717, 1.165) is 12.8 Å². The number of amides is 1. The zero-order valence-corrected chi connectivity index (χ0v) is 12.0. The fourth-order valence-electron chi connectivity index (χ4n) is 1.80. The molecule has 0 bridgehead atoms. The van der Waals surface area contributed by atoms with Crippen molar-refractivity contribution >= 4 is 5.91 Å². The van der Waals surface area contributed by atoms with Crippen LogP contribution < -0.4 is 5.32 Å². The maximum absolute atomic E-state index is 11.8. The number of hydrogen-bond donors (Lipinski definition) is 1. The molecule has 1 amide bonds. The van der Waals surface area contributed by atoms with Crippen molar-refractivity contribution in [2.45, 2.75) is 38.4 Å². The summed E-state index contributed by atoms with van der Waals surface area (Å²) in [5.41, 5.74) is 1.19. The quantitative estimate of drug-likeness (QED) is 0.750. The van der Waals surface area contributed by atoms with Gasteiger partial charge in [0.15, 0.2) is 0 Å². The van der Waals surface area contributed by atoms with Gasteiger partial charge in [0.25, 0.3) is 0 Å². The number of alkyl halides is 3. The fraction of sp³-hybridized carbons (Fsp3) is 0.533. The summed E-state index contributed by atoms with van der Waals surface area (Å²) in [6.07, 6.45) is -2.79. The van der Waals surface area contributed by atoms with Gasteiger partial charge in [0.05, 0.1) is 6.61 Å². The lowest BCUT2D eigenvalue weighted by atomic mass is 10.1. The van der Waals surface area contributed by atoms with E-state index in [1.807, 2.05) is 37.3 Å². The Morgan fingerprint density at radius 2 is 1.95 bits per heavy atom. The molecule has 1 aromatic carbocycles. The van der Waals surface area contributed by atoms with E-state index in [1.165, 1.54) is 5.56 Å². The molecule has 21 heavy (non-hydrogen) atoms. The SMILES string of the molecule is CC(CCc1ccccc1)NC(=O)CCOCC(F)(F)F. The average Bonchev–Trinajstić information content (AvgIpc) is 2.41. The minimum Gasteiger partial charge on any atom is -0.372 e. The third-order valence-corrected chi connectivity index (χ3v) is 2.86. The third kappa shape index (κ3) is 9.07. The van der Waals surface area contributed by atoms with E-state index in [4.69, 9.17) is 0 Å². The van der Waals surface area contributed by atoms with Gasteiger partial charge in [-0.15, -0.1) is 0 Å². The van der Waals surface area contributed by atoms with Crippen molar-refractivity contribution in [2.75, 3.05) is 13.2 Å². The Labute approximate surface area is 122 Å². The molecule has 1 rings (SSSR count). The van der Waals surface area contributed by atoms with E-state index in [-0.39, 0.29) is 25.0 Å². The van der Waals surface area contributed by atoms with Crippen LogP contribution >= 0.6 is 0 Å². The van der Waals surface area contributed by atoms with Crippen LogP contribution in [0.25, 0.3) is 0 Å². The molecule has 0 radical (unpaired) electrons. The number of ether oxygens (including phenoxy) is 1. The van der Waals surface area contributed by atoms with E-state index in [0.29, 0.717) is 0 Å². The zero-order valence-electron chi connectivity index (χ0n) is 12.0. The van der Waals surface area contributed by atoms with Gasteiger partial charge < -0.3 is 10.1 Å². The van der Waals surface area contributed by atoms with E-state index in [1.54, 1.807) is 0 Å². The third-order valence-electron chi connectivity index (χ3n) is 2.86. The predicted octanol–water partition coefficient (Wildman–Crippen LogP) is 3.09. The van der Waals surface area contributed by atoms with Crippen LogP contribution in [-0.2, 0) is 16.0 Å². The second kappa shape index (κ2) is 8.67. The average molecular weight is 303 g/mol. The molecule has 0 heterocycles.